The van der Waals surface area contributed by atoms with Crippen molar-refractivity contribution in [3.63, 3.8) is 0 Å². The van der Waals surface area contributed by atoms with Gasteiger partial charge in [-0.15, -0.1) is 0 Å². The molecule has 3 aromatic rings. The van der Waals surface area contributed by atoms with Crippen LogP contribution in [-0.4, -0.2) is 0 Å². The third-order valence-corrected chi connectivity index (χ3v) is 6.85. The molecular weight excluding hydrogens is 368 g/mol. The molecule has 0 bridgehead atoms. The van der Waals surface area contributed by atoms with Crippen LogP contribution >= 0.6 is 15.9 Å². The van der Waals surface area contributed by atoms with Gasteiger partial charge in [-0.1, -0.05) is 84.4 Å². The minimum atomic E-state index is -0.0121. The first kappa shape index (κ1) is 15.4. The number of hydrogen-bond donors (Lipinski definition) is 0. The van der Waals surface area contributed by atoms with Gasteiger partial charge in [0.05, 0.1) is 0 Å². The largest absolute Gasteiger partial charge is 0.0620 e. The van der Waals surface area contributed by atoms with E-state index in [-0.39, 0.29) is 10.8 Å². The predicted molar refractivity (Wildman–Crippen MR) is 108 cm³/mol. The van der Waals surface area contributed by atoms with Crippen LogP contribution in [0.25, 0.3) is 11.1 Å². The minimum Gasteiger partial charge on any atom is -0.0620 e. The normalized spacial score (nSPS) is 22.4. The summed E-state index contributed by atoms with van der Waals surface area (Å²) >= 11 is 3.72. The number of halogens is 1. The number of fused-ring (bicyclic) bond motifs is 7. The van der Waals surface area contributed by atoms with Gasteiger partial charge >= 0.3 is 0 Å². The molecule has 0 aliphatic heterocycles. The molecule has 0 nitrogen and oxygen atoms in total. The van der Waals surface area contributed by atoms with Crippen LogP contribution in [-0.2, 0) is 10.8 Å². The Morgan fingerprint density at radius 3 is 2.12 bits per heavy atom. The first-order valence-electron chi connectivity index (χ1n) is 9.04. The zero-order valence-corrected chi connectivity index (χ0v) is 16.2. The third kappa shape index (κ3) is 1.93. The maximum atomic E-state index is 3.72. The Morgan fingerprint density at radius 2 is 1.32 bits per heavy atom. The molecule has 25 heavy (non-hydrogen) atoms. The Hall–Kier alpha value is -1.86. The van der Waals surface area contributed by atoms with Gasteiger partial charge in [-0.05, 0) is 63.8 Å². The molecular formula is C24H21Br. The molecule has 1 heteroatoms. The number of rotatable bonds is 0. The van der Waals surface area contributed by atoms with Crippen LogP contribution in [0.5, 0.6) is 0 Å². The summed E-state index contributed by atoms with van der Waals surface area (Å²) in [5.74, 6) is 0. The first-order chi connectivity index (χ1) is 12.0. The molecule has 2 aliphatic rings. The lowest BCUT2D eigenvalue weighted by Gasteiger charge is -2.45. The van der Waals surface area contributed by atoms with Gasteiger partial charge in [-0.2, -0.15) is 0 Å². The fraction of sp³-hybridized carbons (Fsp3) is 0.250. The van der Waals surface area contributed by atoms with Crippen molar-refractivity contribution in [1.82, 2.24) is 0 Å². The van der Waals surface area contributed by atoms with Gasteiger partial charge < -0.3 is 0 Å². The van der Waals surface area contributed by atoms with E-state index in [4.69, 9.17) is 0 Å². The van der Waals surface area contributed by atoms with Crippen LogP contribution in [0.15, 0.2) is 71.2 Å². The minimum absolute atomic E-state index is 0.0121. The average molecular weight is 389 g/mol. The van der Waals surface area contributed by atoms with Crippen LogP contribution < -0.4 is 0 Å². The van der Waals surface area contributed by atoms with E-state index in [1.807, 2.05) is 0 Å². The molecule has 0 radical (unpaired) electrons. The maximum Gasteiger partial charge on any atom is 0.0467 e. The third-order valence-electron chi connectivity index (χ3n) is 6.36. The van der Waals surface area contributed by atoms with E-state index in [2.05, 4.69) is 96.5 Å². The van der Waals surface area contributed by atoms with E-state index >= 15 is 0 Å². The Morgan fingerprint density at radius 1 is 0.680 bits per heavy atom. The van der Waals surface area contributed by atoms with Crippen molar-refractivity contribution in [1.29, 1.82) is 0 Å². The van der Waals surface area contributed by atoms with Gasteiger partial charge in [0.1, 0.15) is 0 Å². The summed E-state index contributed by atoms with van der Waals surface area (Å²) in [6.45, 7) is 4.78. The van der Waals surface area contributed by atoms with Crippen molar-refractivity contribution in [3.8, 4) is 11.1 Å². The van der Waals surface area contributed by atoms with Gasteiger partial charge in [0.2, 0.25) is 0 Å². The maximum absolute atomic E-state index is 3.72. The molecule has 0 fully saturated rings. The fourth-order valence-corrected chi connectivity index (χ4v) is 5.48. The number of hydrogen-bond acceptors (Lipinski definition) is 0. The van der Waals surface area contributed by atoms with Crippen LogP contribution in [0.3, 0.4) is 0 Å². The molecule has 2 aliphatic carbocycles. The zero-order chi connectivity index (χ0) is 17.2. The topological polar surface area (TPSA) is 0 Å². The lowest BCUT2D eigenvalue weighted by molar-refractivity contribution is 0.369. The van der Waals surface area contributed by atoms with E-state index in [1.54, 1.807) is 0 Å². The average Bonchev–Trinajstić information content (AvgIpc) is 2.89. The highest BCUT2D eigenvalue weighted by atomic mass is 79.9. The standard InChI is InChI=1S/C24H21Br/c1-23(2)13-14-24(21-10-6-5-9-20(21)23)19-8-4-3-7-17(19)18-12-11-16(25)15-22(18)24/h3-12,15H,13-14H2,1-2H3. The van der Waals surface area contributed by atoms with Crippen molar-refractivity contribution in [3.05, 3.63) is 93.5 Å². The molecule has 3 aromatic carbocycles. The van der Waals surface area contributed by atoms with Gasteiger partial charge in [0.25, 0.3) is 0 Å². The second-order valence-electron chi connectivity index (χ2n) is 8.07. The summed E-state index contributed by atoms with van der Waals surface area (Å²) in [4.78, 5) is 0. The Balaban J connectivity index is 1.93. The SMILES string of the molecule is CC1(C)CCC2(c3ccccc3-c3ccc(Br)cc32)c2ccccc21. The molecule has 1 atom stereocenters. The second-order valence-corrected chi connectivity index (χ2v) is 8.99. The summed E-state index contributed by atoms with van der Waals surface area (Å²) in [6.07, 6.45) is 2.36. The number of benzene rings is 3. The Kier molecular flexibility index (Phi) is 3.13. The van der Waals surface area contributed by atoms with E-state index in [0.29, 0.717) is 0 Å². The molecule has 5 rings (SSSR count). The van der Waals surface area contributed by atoms with Crippen molar-refractivity contribution in [2.75, 3.05) is 0 Å². The molecule has 0 amide bonds. The van der Waals surface area contributed by atoms with Crippen molar-refractivity contribution in [2.45, 2.75) is 37.5 Å². The lowest BCUT2D eigenvalue weighted by atomic mass is 9.58. The highest BCUT2D eigenvalue weighted by molar-refractivity contribution is 9.10. The zero-order valence-electron chi connectivity index (χ0n) is 14.6. The first-order valence-corrected chi connectivity index (χ1v) is 9.83. The van der Waals surface area contributed by atoms with Crippen LogP contribution in [0.1, 0.15) is 48.9 Å². The monoisotopic (exact) mass is 388 g/mol. The quantitative estimate of drug-likeness (QED) is 0.395. The van der Waals surface area contributed by atoms with E-state index in [1.165, 1.54) is 44.3 Å². The molecule has 0 heterocycles. The second kappa shape index (κ2) is 5.08. The van der Waals surface area contributed by atoms with Crippen molar-refractivity contribution in [2.24, 2.45) is 0 Å². The van der Waals surface area contributed by atoms with Crippen LogP contribution in [0, 0.1) is 0 Å². The summed E-state index contributed by atoms with van der Waals surface area (Å²) in [6, 6.07) is 24.9. The Labute approximate surface area is 158 Å². The molecule has 124 valence electrons. The molecule has 0 aromatic heterocycles. The highest BCUT2D eigenvalue weighted by Gasteiger charge is 2.49. The van der Waals surface area contributed by atoms with E-state index < -0.39 is 0 Å². The van der Waals surface area contributed by atoms with E-state index in [9.17, 15) is 0 Å². The lowest BCUT2D eigenvalue weighted by Crippen LogP contribution is -2.38. The predicted octanol–water partition coefficient (Wildman–Crippen LogP) is 6.84. The van der Waals surface area contributed by atoms with E-state index in [0.717, 1.165) is 6.42 Å². The van der Waals surface area contributed by atoms with Gasteiger partial charge in [-0.25, -0.2) is 0 Å². The molecule has 0 saturated heterocycles. The molecule has 0 N–H and O–H groups in total. The molecule has 1 spiro atoms. The van der Waals surface area contributed by atoms with Crippen LogP contribution in [0.4, 0.5) is 0 Å². The highest BCUT2D eigenvalue weighted by Crippen LogP contribution is 2.60. The Bertz CT molecular complexity index is 998. The van der Waals surface area contributed by atoms with Gasteiger partial charge in [0, 0.05) is 9.89 Å². The van der Waals surface area contributed by atoms with Gasteiger partial charge in [0.15, 0.2) is 0 Å². The van der Waals surface area contributed by atoms with Crippen LogP contribution in [0.2, 0.25) is 0 Å². The van der Waals surface area contributed by atoms with Crippen molar-refractivity contribution >= 4 is 15.9 Å². The fourth-order valence-electron chi connectivity index (χ4n) is 5.11. The summed E-state index contributed by atoms with van der Waals surface area (Å²) < 4.78 is 1.17. The molecule has 0 saturated carbocycles. The summed E-state index contributed by atoms with van der Waals surface area (Å²) in [5, 5.41) is 0. The van der Waals surface area contributed by atoms with Gasteiger partial charge in [-0.3, -0.25) is 0 Å². The smallest absolute Gasteiger partial charge is 0.0467 e. The summed E-state index contributed by atoms with van der Waals surface area (Å²) in [5.41, 5.74) is 8.96. The summed E-state index contributed by atoms with van der Waals surface area (Å²) in [7, 11) is 0. The van der Waals surface area contributed by atoms with Crippen molar-refractivity contribution < 1.29 is 0 Å². The molecule has 1 unspecified atom stereocenters.